The molecule has 0 amide bonds. The minimum atomic E-state index is -3.32. The molecule has 17 heavy (non-hydrogen) atoms. The highest BCUT2D eigenvalue weighted by Gasteiger charge is 2.07. The maximum atomic E-state index is 11.3. The maximum Gasteiger partial charge on any atom is 0.232 e. The third-order valence-corrected chi connectivity index (χ3v) is 3.75. The molecule has 2 N–H and O–H groups in total. The highest BCUT2D eigenvalue weighted by Crippen LogP contribution is 2.15. The summed E-state index contributed by atoms with van der Waals surface area (Å²) in [6, 6.07) is 5.94. The molecule has 8 heteroatoms. The van der Waals surface area contributed by atoms with E-state index in [0.717, 1.165) is 6.26 Å². The van der Waals surface area contributed by atoms with E-state index in [1.54, 1.807) is 0 Å². The topological polar surface area (TPSA) is 92.3 Å². The van der Waals surface area contributed by atoms with Crippen molar-refractivity contribution in [3.05, 3.63) is 24.3 Å². The number of hydrogen-bond donors (Lipinski definition) is 2. The Bertz CT molecular complexity index is 576. The van der Waals surface area contributed by atoms with E-state index >= 15 is 0 Å². The molecule has 0 fully saturated rings. The summed E-state index contributed by atoms with van der Waals surface area (Å²) in [4.78, 5) is 0. The van der Waals surface area contributed by atoms with Gasteiger partial charge in [0.05, 0.1) is 12.0 Å². The van der Waals surface area contributed by atoms with Gasteiger partial charge in [0.15, 0.2) is 0 Å². The number of anilines is 2. The standard InChI is InChI=1S/C9H14N2O4S2/c1-3-17(14,15)11-9-6-4-8(5-7-9)10-16(2,12)13/h4-7,10-11H,3H2,1-2H3. The minimum absolute atomic E-state index is 0.0175. The van der Waals surface area contributed by atoms with Crippen molar-refractivity contribution in [2.45, 2.75) is 6.92 Å². The highest BCUT2D eigenvalue weighted by atomic mass is 32.2. The quantitative estimate of drug-likeness (QED) is 0.834. The first-order valence-corrected chi connectivity index (χ1v) is 8.34. The fourth-order valence-corrected chi connectivity index (χ4v) is 2.28. The molecule has 1 aromatic carbocycles. The Kier molecular flexibility index (Phi) is 3.99. The SMILES string of the molecule is CCS(=O)(=O)Nc1ccc(NS(C)(=O)=O)cc1. The van der Waals surface area contributed by atoms with Gasteiger partial charge in [0.1, 0.15) is 0 Å². The maximum absolute atomic E-state index is 11.3. The molecule has 1 aromatic rings. The summed E-state index contributed by atoms with van der Waals surface area (Å²) in [5, 5.41) is 0. The number of rotatable bonds is 5. The zero-order valence-corrected chi connectivity index (χ0v) is 11.1. The van der Waals surface area contributed by atoms with Crippen LogP contribution in [0.5, 0.6) is 0 Å². The van der Waals surface area contributed by atoms with Crippen molar-refractivity contribution in [2.24, 2.45) is 0 Å². The predicted octanol–water partition coefficient (Wildman–Crippen LogP) is 0.820. The average molecular weight is 278 g/mol. The second-order valence-electron chi connectivity index (χ2n) is 3.46. The lowest BCUT2D eigenvalue weighted by atomic mass is 10.3. The molecule has 0 radical (unpaired) electrons. The summed E-state index contributed by atoms with van der Waals surface area (Å²) >= 11 is 0. The van der Waals surface area contributed by atoms with Gasteiger partial charge in [0, 0.05) is 11.4 Å². The van der Waals surface area contributed by atoms with E-state index in [2.05, 4.69) is 9.44 Å². The summed E-state index contributed by atoms with van der Waals surface area (Å²) in [5.74, 6) is -0.0175. The van der Waals surface area contributed by atoms with Crippen molar-refractivity contribution in [1.82, 2.24) is 0 Å². The number of benzene rings is 1. The normalized spacial score (nSPS) is 12.1. The molecule has 6 nitrogen and oxygen atoms in total. The molecular weight excluding hydrogens is 264 g/mol. The van der Waals surface area contributed by atoms with Gasteiger partial charge in [-0.05, 0) is 31.2 Å². The smallest absolute Gasteiger partial charge is 0.232 e. The highest BCUT2D eigenvalue weighted by molar-refractivity contribution is 7.92. The molecule has 0 saturated carbocycles. The van der Waals surface area contributed by atoms with Crippen LogP contribution in [-0.4, -0.2) is 28.8 Å². The Morgan fingerprint density at radius 2 is 1.35 bits per heavy atom. The van der Waals surface area contributed by atoms with Gasteiger partial charge in [-0.1, -0.05) is 0 Å². The Morgan fingerprint density at radius 1 is 0.941 bits per heavy atom. The van der Waals surface area contributed by atoms with Gasteiger partial charge in [0.2, 0.25) is 20.0 Å². The first-order chi connectivity index (χ1) is 7.72. The monoisotopic (exact) mass is 278 g/mol. The molecule has 0 saturated heterocycles. The molecule has 0 atom stereocenters. The van der Waals surface area contributed by atoms with Gasteiger partial charge in [-0.15, -0.1) is 0 Å². The fraction of sp³-hybridized carbons (Fsp3) is 0.333. The van der Waals surface area contributed by atoms with E-state index in [-0.39, 0.29) is 5.75 Å². The van der Waals surface area contributed by atoms with Gasteiger partial charge >= 0.3 is 0 Å². The van der Waals surface area contributed by atoms with Gasteiger partial charge in [-0.2, -0.15) is 0 Å². The van der Waals surface area contributed by atoms with Crippen molar-refractivity contribution < 1.29 is 16.8 Å². The van der Waals surface area contributed by atoms with Crippen molar-refractivity contribution in [3.63, 3.8) is 0 Å². The van der Waals surface area contributed by atoms with E-state index in [9.17, 15) is 16.8 Å². The summed E-state index contributed by atoms with van der Waals surface area (Å²) in [6.45, 7) is 1.53. The lowest BCUT2D eigenvalue weighted by Gasteiger charge is -2.07. The third kappa shape index (κ3) is 5.05. The largest absolute Gasteiger partial charge is 0.284 e. The van der Waals surface area contributed by atoms with Crippen LogP contribution in [0.2, 0.25) is 0 Å². The summed E-state index contributed by atoms with van der Waals surface area (Å²) in [7, 11) is -6.63. The Labute approximate surface area is 101 Å². The molecule has 0 aromatic heterocycles. The third-order valence-electron chi connectivity index (χ3n) is 1.84. The first-order valence-electron chi connectivity index (χ1n) is 4.80. The molecule has 96 valence electrons. The lowest BCUT2D eigenvalue weighted by molar-refractivity contribution is 0.601. The van der Waals surface area contributed by atoms with E-state index in [1.165, 1.54) is 31.2 Å². The number of sulfonamides is 2. The molecule has 0 aliphatic heterocycles. The summed E-state index contributed by atoms with van der Waals surface area (Å²) in [6.07, 6.45) is 1.04. The average Bonchev–Trinajstić information content (AvgIpc) is 2.19. The van der Waals surface area contributed by atoms with E-state index < -0.39 is 20.0 Å². The van der Waals surface area contributed by atoms with Crippen molar-refractivity contribution in [3.8, 4) is 0 Å². The number of hydrogen-bond acceptors (Lipinski definition) is 4. The van der Waals surface area contributed by atoms with Gasteiger partial charge in [-0.25, -0.2) is 16.8 Å². The van der Waals surface area contributed by atoms with Crippen LogP contribution in [-0.2, 0) is 20.0 Å². The molecule has 0 aliphatic rings. The molecule has 1 rings (SSSR count). The second-order valence-corrected chi connectivity index (χ2v) is 7.22. The molecular formula is C9H14N2O4S2. The molecule has 0 heterocycles. The summed E-state index contributed by atoms with van der Waals surface area (Å²) < 4.78 is 49.0. The molecule has 0 unspecified atom stereocenters. The fourth-order valence-electron chi connectivity index (χ4n) is 1.07. The van der Waals surface area contributed by atoms with Gasteiger partial charge in [0.25, 0.3) is 0 Å². The van der Waals surface area contributed by atoms with Crippen LogP contribution in [0.1, 0.15) is 6.92 Å². The van der Waals surface area contributed by atoms with E-state index in [0.29, 0.717) is 11.4 Å². The second kappa shape index (κ2) is 4.92. The Hall–Kier alpha value is -1.28. The van der Waals surface area contributed by atoms with Crippen LogP contribution in [0.3, 0.4) is 0 Å². The van der Waals surface area contributed by atoms with Crippen LogP contribution in [0.15, 0.2) is 24.3 Å². The first kappa shape index (κ1) is 13.8. The van der Waals surface area contributed by atoms with E-state index in [1.807, 2.05) is 0 Å². The van der Waals surface area contributed by atoms with Gasteiger partial charge in [-0.3, -0.25) is 9.44 Å². The predicted molar refractivity (Wildman–Crippen MR) is 68.0 cm³/mol. The summed E-state index contributed by atoms with van der Waals surface area (Å²) in [5.41, 5.74) is 0.776. The molecule has 0 spiro atoms. The zero-order valence-electron chi connectivity index (χ0n) is 9.47. The lowest BCUT2D eigenvalue weighted by Crippen LogP contribution is -2.14. The Morgan fingerprint density at radius 3 is 1.71 bits per heavy atom. The van der Waals surface area contributed by atoms with Crippen molar-refractivity contribution in [2.75, 3.05) is 21.5 Å². The van der Waals surface area contributed by atoms with Crippen LogP contribution in [0.4, 0.5) is 11.4 Å². The molecule has 0 bridgehead atoms. The van der Waals surface area contributed by atoms with Crippen LogP contribution in [0.25, 0.3) is 0 Å². The zero-order chi connectivity index (χ0) is 13.1. The van der Waals surface area contributed by atoms with Gasteiger partial charge < -0.3 is 0 Å². The number of nitrogens with one attached hydrogen (secondary N) is 2. The molecule has 0 aliphatic carbocycles. The minimum Gasteiger partial charge on any atom is -0.284 e. The van der Waals surface area contributed by atoms with E-state index in [4.69, 9.17) is 0 Å². The van der Waals surface area contributed by atoms with Crippen molar-refractivity contribution >= 4 is 31.4 Å². The van der Waals surface area contributed by atoms with Crippen LogP contribution in [0, 0.1) is 0 Å². The van der Waals surface area contributed by atoms with Crippen LogP contribution < -0.4 is 9.44 Å². The van der Waals surface area contributed by atoms with Crippen LogP contribution >= 0.6 is 0 Å². The van der Waals surface area contributed by atoms with Crippen molar-refractivity contribution in [1.29, 1.82) is 0 Å². The Balaban J connectivity index is 2.82.